The molecule has 0 spiro atoms. The Morgan fingerprint density at radius 3 is 2.33 bits per heavy atom. The van der Waals surface area contributed by atoms with Crippen LogP contribution in [0.15, 0.2) is 4.90 Å². The largest absolute Gasteiger partial charge is 0.396 e. The first-order chi connectivity index (χ1) is 9.38. The maximum Gasteiger partial charge on any atom is 0.324 e. The predicted octanol–water partition coefficient (Wildman–Crippen LogP) is 1.15. The van der Waals surface area contributed by atoms with Crippen LogP contribution < -0.4 is 16.8 Å². The van der Waals surface area contributed by atoms with Gasteiger partial charge in [0.15, 0.2) is 9.84 Å². The Hall–Kier alpha value is -1.56. The van der Waals surface area contributed by atoms with Crippen molar-refractivity contribution in [3.05, 3.63) is 4.88 Å². The van der Waals surface area contributed by atoms with Gasteiger partial charge in [-0.05, 0) is 0 Å². The fraction of sp³-hybridized carbons (Fsp3) is 0.444. The van der Waals surface area contributed by atoms with Gasteiger partial charge in [-0.1, -0.05) is 0 Å². The lowest BCUT2D eigenvalue weighted by Crippen LogP contribution is -2.34. The van der Waals surface area contributed by atoms with Crippen molar-refractivity contribution in [2.75, 3.05) is 23.9 Å². The first-order valence-corrected chi connectivity index (χ1v) is 7.90. The monoisotopic (exact) mass is 349 g/mol. The van der Waals surface area contributed by atoms with E-state index in [0.29, 0.717) is 11.3 Å². The van der Waals surface area contributed by atoms with Crippen molar-refractivity contribution in [3.63, 3.8) is 0 Å². The summed E-state index contributed by atoms with van der Waals surface area (Å²) >= 11 is 0.405. The van der Waals surface area contributed by atoms with Crippen LogP contribution >= 0.6 is 11.3 Å². The molecule has 21 heavy (non-hydrogen) atoms. The molecule has 0 atom stereocenters. The minimum atomic E-state index is -4.37. The second-order valence-corrected chi connectivity index (χ2v) is 7.03. The number of hydrogen-bond acceptors (Lipinski definition) is 6. The predicted molar refractivity (Wildman–Crippen MR) is 69.8 cm³/mol. The van der Waals surface area contributed by atoms with E-state index in [0.717, 1.165) is 6.26 Å². The van der Waals surface area contributed by atoms with Crippen LogP contribution in [0.2, 0.25) is 0 Å². The Kier molecular flexibility index (Phi) is 4.73. The average molecular weight is 349 g/mol. The maximum atomic E-state index is 12.8. The highest BCUT2D eigenvalue weighted by Crippen LogP contribution is 2.39. The third-order valence-electron chi connectivity index (χ3n) is 2.30. The summed E-state index contributed by atoms with van der Waals surface area (Å²) in [6.45, 7) is -1.52. The molecule has 0 saturated carbocycles. The van der Waals surface area contributed by atoms with E-state index in [1.807, 2.05) is 5.32 Å². The maximum absolute atomic E-state index is 12.8. The smallest absolute Gasteiger partial charge is 0.324 e. The molecule has 0 aliphatic heterocycles. The van der Waals surface area contributed by atoms with Gasteiger partial charge in [0.25, 0.3) is 5.91 Å². The molecule has 0 radical (unpaired) electrons. The first-order valence-electron chi connectivity index (χ1n) is 5.20. The van der Waals surface area contributed by atoms with Gasteiger partial charge in [-0.25, -0.2) is 17.2 Å². The minimum absolute atomic E-state index is 0.363. The zero-order valence-corrected chi connectivity index (χ0v) is 12.1. The van der Waals surface area contributed by atoms with E-state index in [9.17, 15) is 30.8 Å². The second-order valence-electron chi connectivity index (χ2n) is 4.05. The van der Waals surface area contributed by atoms with Crippen molar-refractivity contribution in [2.24, 2.45) is 5.73 Å². The normalized spacial score (nSPS) is 12.7. The van der Waals surface area contributed by atoms with Crippen LogP contribution in [0.5, 0.6) is 0 Å². The Labute approximate surface area is 121 Å². The molecule has 1 amide bonds. The summed E-state index contributed by atoms with van der Waals surface area (Å²) in [7, 11) is -3.98. The van der Waals surface area contributed by atoms with Crippen LogP contribution in [0, 0.1) is 0 Å². The molecule has 1 rings (SSSR count). The van der Waals surface area contributed by atoms with Crippen molar-refractivity contribution in [2.45, 2.75) is 17.2 Å². The number of anilines is 2. The SMILES string of the molecule is CS(=O)(=O)c1c(NCC(F)(F)C(F)F)sc(C(N)=O)c1N. The Morgan fingerprint density at radius 1 is 1.43 bits per heavy atom. The van der Waals surface area contributed by atoms with Gasteiger partial charge in [-0.15, -0.1) is 11.3 Å². The third-order valence-corrected chi connectivity index (χ3v) is 4.77. The number of carbonyl (C=O) groups is 1. The number of nitrogens with two attached hydrogens (primary N) is 2. The van der Waals surface area contributed by atoms with E-state index in [1.165, 1.54) is 0 Å². The van der Waals surface area contributed by atoms with E-state index in [1.54, 1.807) is 0 Å². The number of sulfone groups is 1. The number of halogens is 4. The van der Waals surface area contributed by atoms with Crippen LogP contribution in [0.25, 0.3) is 0 Å². The molecule has 0 bridgehead atoms. The number of rotatable bonds is 6. The molecule has 1 aromatic rings. The zero-order chi connectivity index (χ0) is 16.6. The summed E-state index contributed by atoms with van der Waals surface area (Å²) in [6.07, 6.45) is -3.20. The summed E-state index contributed by atoms with van der Waals surface area (Å²) in [4.78, 5) is 10.1. The van der Waals surface area contributed by atoms with Gasteiger partial charge in [0.2, 0.25) is 0 Å². The van der Waals surface area contributed by atoms with Gasteiger partial charge in [-0.3, -0.25) is 4.79 Å². The molecule has 12 heteroatoms. The lowest BCUT2D eigenvalue weighted by Gasteiger charge is -2.16. The van der Waals surface area contributed by atoms with Gasteiger partial charge >= 0.3 is 12.3 Å². The number of nitrogen functional groups attached to an aromatic ring is 1. The summed E-state index contributed by atoms with van der Waals surface area (Å²) in [5, 5.41) is 1.44. The minimum Gasteiger partial charge on any atom is -0.396 e. The van der Waals surface area contributed by atoms with Crippen molar-refractivity contribution < 1.29 is 30.8 Å². The molecule has 5 N–H and O–H groups in total. The number of alkyl halides is 4. The van der Waals surface area contributed by atoms with Crippen LogP contribution in [-0.2, 0) is 9.84 Å². The number of primary amides is 1. The summed E-state index contributed by atoms with van der Waals surface area (Å²) in [6, 6.07) is 0. The molecular formula is C9H11F4N3O3S2. The number of thiophene rings is 1. The molecule has 0 unspecified atom stereocenters. The molecular weight excluding hydrogens is 338 g/mol. The fourth-order valence-electron chi connectivity index (χ4n) is 1.37. The van der Waals surface area contributed by atoms with Crippen LogP contribution in [0.1, 0.15) is 9.67 Å². The Morgan fingerprint density at radius 2 is 1.95 bits per heavy atom. The van der Waals surface area contributed by atoms with E-state index in [4.69, 9.17) is 11.5 Å². The Bertz CT molecular complexity index is 657. The van der Waals surface area contributed by atoms with Gasteiger partial charge in [-0.2, -0.15) is 8.78 Å². The van der Waals surface area contributed by atoms with Crippen molar-refractivity contribution in [1.29, 1.82) is 0 Å². The number of hydrogen-bond donors (Lipinski definition) is 3. The molecule has 0 aliphatic rings. The number of nitrogens with one attached hydrogen (secondary N) is 1. The highest BCUT2D eigenvalue weighted by molar-refractivity contribution is 7.91. The molecule has 1 aromatic heterocycles. The molecule has 0 fully saturated rings. The van der Waals surface area contributed by atoms with E-state index in [-0.39, 0.29) is 4.88 Å². The average Bonchev–Trinajstić information content (AvgIpc) is 2.63. The van der Waals surface area contributed by atoms with Gasteiger partial charge < -0.3 is 16.8 Å². The lowest BCUT2D eigenvalue weighted by atomic mass is 10.3. The summed E-state index contributed by atoms with van der Waals surface area (Å²) < 4.78 is 72.9. The van der Waals surface area contributed by atoms with Crippen LogP contribution in [0.3, 0.4) is 0 Å². The number of carbonyl (C=O) groups excluding carboxylic acids is 1. The molecule has 6 nitrogen and oxygen atoms in total. The quantitative estimate of drug-likeness (QED) is 0.666. The third kappa shape index (κ3) is 3.75. The van der Waals surface area contributed by atoms with E-state index < -0.39 is 50.2 Å². The highest BCUT2D eigenvalue weighted by atomic mass is 32.2. The zero-order valence-electron chi connectivity index (χ0n) is 10.5. The summed E-state index contributed by atoms with van der Waals surface area (Å²) in [5.41, 5.74) is 9.91. The van der Waals surface area contributed by atoms with E-state index >= 15 is 0 Å². The highest BCUT2D eigenvalue weighted by Gasteiger charge is 2.41. The van der Waals surface area contributed by atoms with E-state index in [2.05, 4.69) is 0 Å². The second kappa shape index (κ2) is 5.67. The molecule has 1 heterocycles. The standard InChI is InChI=1S/C9H11F4N3O3S2/c1-21(18,19)5-3(14)4(6(15)17)20-7(5)16-2-9(12,13)8(10)11/h8,16H,2,14H2,1H3,(H2,15,17). The van der Waals surface area contributed by atoms with Gasteiger partial charge in [0.1, 0.15) is 14.8 Å². The lowest BCUT2D eigenvalue weighted by molar-refractivity contribution is -0.117. The molecule has 0 aliphatic carbocycles. The van der Waals surface area contributed by atoms with Gasteiger partial charge in [0, 0.05) is 6.26 Å². The van der Waals surface area contributed by atoms with Crippen LogP contribution in [-0.4, -0.2) is 39.5 Å². The first kappa shape index (κ1) is 17.5. The molecule has 120 valence electrons. The van der Waals surface area contributed by atoms with Crippen molar-refractivity contribution in [1.82, 2.24) is 0 Å². The van der Waals surface area contributed by atoms with Crippen molar-refractivity contribution >= 4 is 37.8 Å². The number of amides is 1. The molecule has 0 aromatic carbocycles. The van der Waals surface area contributed by atoms with Crippen molar-refractivity contribution in [3.8, 4) is 0 Å². The fourth-order valence-corrected chi connectivity index (χ4v) is 3.79. The van der Waals surface area contributed by atoms with Gasteiger partial charge in [0.05, 0.1) is 12.2 Å². The summed E-state index contributed by atoms with van der Waals surface area (Å²) in [5.74, 6) is -5.43. The topological polar surface area (TPSA) is 115 Å². The Balaban J connectivity index is 3.25. The van der Waals surface area contributed by atoms with Crippen LogP contribution in [0.4, 0.5) is 28.3 Å². The molecule has 0 saturated heterocycles.